The zero-order valence-corrected chi connectivity index (χ0v) is 7.81. The Hall–Kier alpha value is -1.58. The minimum absolute atomic E-state index is 0.289. The molecule has 1 heterocycles. The number of fused-ring (bicyclic) bond motifs is 1. The molecule has 2 aromatic rings. The molecule has 4 heteroatoms. The van der Waals surface area contributed by atoms with Gasteiger partial charge in [-0.15, -0.1) is 0 Å². The van der Waals surface area contributed by atoms with Gasteiger partial charge in [-0.3, -0.25) is 0 Å². The highest BCUT2D eigenvalue weighted by Gasteiger charge is 2.09. The SMILES string of the molecule is Cc1nc(C)c2c(F)cc(F)cc2n1. The van der Waals surface area contributed by atoms with Crippen molar-refractivity contribution in [2.45, 2.75) is 13.8 Å². The Bertz CT molecular complexity index is 466. The maximum atomic E-state index is 13.3. The summed E-state index contributed by atoms with van der Waals surface area (Å²) in [7, 11) is 0. The second-order valence-corrected chi connectivity index (χ2v) is 3.14. The number of rotatable bonds is 0. The molecule has 0 spiro atoms. The smallest absolute Gasteiger partial charge is 0.137 e. The molecule has 0 aliphatic heterocycles. The van der Waals surface area contributed by atoms with Gasteiger partial charge < -0.3 is 0 Å². The van der Waals surface area contributed by atoms with Crippen LogP contribution in [0.1, 0.15) is 11.5 Å². The summed E-state index contributed by atoms with van der Waals surface area (Å²) >= 11 is 0. The molecule has 0 bridgehead atoms. The molecule has 0 radical (unpaired) electrons. The fourth-order valence-corrected chi connectivity index (χ4v) is 1.50. The van der Waals surface area contributed by atoms with Crippen molar-refractivity contribution in [2.24, 2.45) is 0 Å². The van der Waals surface area contributed by atoms with Crippen LogP contribution in [0.25, 0.3) is 10.9 Å². The fourth-order valence-electron chi connectivity index (χ4n) is 1.50. The van der Waals surface area contributed by atoms with Gasteiger partial charge in [0.1, 0.15) is 17.5 Å². The van der Waals surface area contributed by atoms with Gasteiger partial charge in [-0.05, 0) is 13.8 Å². The summed E-state index contributed by atoms with van der Waals surface area (Å²) in [5, 5.41) is 0.289. The lowest BCUT2D eigenvalue weighted by Gasteiger charge is -2.03. The number of nitrogens with zero attached hydrogens (tertiary/aromatic N) is 2. The normalized spacial score (nSPS) is 10.9. The van der Waals surface area contributed by atoms with Crippen molar-refractivity contribution < 1.29 is 8.78 Å². The summed E-state index contributed by atoms with van der Waals surface area (Å²) < 4.78 is 26.2. The van der Waals surface area contributed by atoms with E-state index >= 15 is 0 Å². The summed E-state index contributed by atoms with van der Waals surface area (Å²) in [5.74, 6) is -0.718. The van der Waals surface area contributed by atoms with Crippen LogP contribution in [0.5, 0.6) is 0 Å². The zero-order chi connectivity index (χ0) is 10.3. The van der Waals surface area contributed by atoms with Gasteiger partial charge in [-0.25, -0.2) is 18.7 Å². The van der Waals surface area contributed by atoms with Gasteiger partial charge in [-0.1, -0.05) is 0 Å². The first-order valence-electron chi connectivity index (χ1n) is 4.18. The van der Waals surface area contributed by atoms with E-state index in [-0.39, 0.29) is 5.39 Å². The summed E-state index contributed by atoms with van der Waals surface area (Å²) in [6.07, 6.45) is 0. The van der Waals surface area contributed by atoms with Crippen LogP contribution < -0.4 is 0 Å². The maximum absolute atomic E-state index is 13.3. The van der Waals surface area contributed by atoms with Crippen LogP contribution in [0.15, 0.2) is 12.1 Å². The molecule has 2 rings (SSSR count). The van der Waals surface area contributed by atoms with Crippen molar-refractivity contribution in [3.05, 3.63) is 35.3 Å². The van der Waals surface area contributed by atoms with E-state index in [0.717, 1.165) is 6.07 Å². The van der Waals surface area contributed by atoms with Gasteiger partial charge in [0, 0.05) is 12.1 Å². The van der Waals surface area contributed by atoms with Crippen molar-refractivity contribution in [2.75, 3.05) is 0 Å². The second kappa shape index (κ2) is 2.97. The van der Waals surface area contributed by atoms with Gasteiger partial charge >= 0.3 is 0 Å². The zero-order valence-electron chi connectivity index (χ0n) is 7.81. The van der Waals surface area contributed by atoms with Crippen molar-refractivity contribution in [1.82, 2.24) is 9.97 Å². The van der Waals surface area contributed by atoms with E-state index in [4.69, 9.17) is 0 Å². The highest BCUT2D eigenvalue weighted by molar-refractivity contribution is 5.81. The van der Waals surface area contributed by atoms with Crippen molar-refractivity contribution in [3.8, 4) is 0 Å². The van der Waals surface area contributed by atoms with E-state index < -0.39 is 11.6 Å². The molecule has 0 amide bonds. The van der Waals surface area contributed by atoms with E-state index in [9.17, 15) is 8.78 Å². The average molecular weight is 194 g/mol. The van der Waals surface area contributed by atoms with Crippen LogP contribution in [0.4, 0.5) is 8.78 Å². The highest BCUT2D eigenvalue weighted by Crippen LogP contribution is 2.20. The van der Waals surface area contributed by atoms with E-state index in [2.05, 4.69) is 9.97 Å². The predicted octanol–water partition coefficient (Wildman–Crippen LogP) is 2.52. The van der Waals surface area contributed by atoms with E-state index in [1.807, 2.05) is 0 Å². The third-order valence-electron chi connectivity index (χ3n) is 2.01. The molecule has 2 nitrogen and oxygen atoms in total. The Morgan fingerprint density at radius 2 is 1.79 bits per heavy atom. The summed E-state index contributed by atoms with van der Waals surface area (Å²) in [4.78, 5) is 7.99. The molecule has 72 valence electrons. The van der Waals surface area contributed by atoms with Crippen molar-refractivity contribution in [1.29, 1.82) is 0 Å². The first kappa shape index (κ1) is 8.99. The molecular weight excluding hydrogens is 186 g/mol. The topological polar surface area (TPSA) is 25.8 Å². The van der Waals surface area contributed by atoms with E-state index in [1.54, 1.807) is 13.8 Å². The molecule has 0 aliphatic carbocycles. The number of halogens is 2. The van der Waals surface area contributed by atoms with Crippen LogP contribution in [0.3, 0.4) is 0 Å². The Morgan fingerprint density at radius 1 is 1.07 bits per heavy atom. The summed E-state index contributed by atoms with van der Waals surface area (Å²) in [6, 6.07) is 2.05. The molecule has 0 N–H and O–H groups in total. The number of aromatic nitrogens is 2. The van der Waals surface area contributed by atoms with Crippen LogP contribution >= 0.6 is 0 Å². The third kappa shape index (κ3) is 1.32. The van der Waals surface area contributed by atoms with Gasteiger partial charge in [0.15, 0.2) is 0 Å². The quantitative estimate of drug-likeness (QED) is 0.644. The molecule has 14 heavy (non-hydrogen) atoms. The van der Waals surface area contributed by atoms with Crippen LogP contribution in [0.2, 0.25) is 0 Å². The Kier molecular flexibility index (Phi) is 1.91. The van der Waals surface area contributed by atoms with Crippen LogP contribution in [-0.4, -0.2) is 9.97 Å². The Balaban J connectivity index is 2.94. The van der Waals surface area contributed by atoms with Crippen LogP contribution in [0, 0.1) is 25.5 Å². The number of hydrogen-bond donors (Lipinski definition) is 0. The van der Waals surface area contributed by atoms with Gasteiger partial charge in [-0.2, -0.15) is 0 Å². The standard InChI is InChI=1S/C10H8F2N2/c1-5-10-8(12)3-7(11)4-9(10)14-6(2)13-5/h3-4H,1-2H3. The van der Waals surface area contributed by atoms with Gasteiger partial charge in [0.25, 0.3) is 0 Å². The van der Waals surface area contributed by atoms with E-state index in [0.29, 0.717) is 17.0 Å². The van der Waals surface area contributed by atoms with Crippen LogP contribution in [-0.2, 0) is 0 Å². The maximum Gasteiger partial charge on any atom is 0.137 e. The summed E-state index contributed by atoms with van der Waals surface area (Å²) in [5.41, 5.74) is 0.845. The molecule has 1 aromatic carbocycles. The average Bonchev–Trinajstić information content (AvgIpc) is 1.99. The lowest BCUT2D eigenvalue weighted by Crippen LogP contribution is -1.96. The molecular formula is C10H8F2N2. The molecule has 0 saturated carbocycles. The highest BCUT2D eigenvalue weighted by atomic mass is 19.1. The molecule has 0 fully saturated rings. The van der Waals surface area contributed by atoms with Gasteiger partial charge in [0.2, 0.25) is 0 Å². The monoisotopic (exact) mass is 194 g/mol. The Labute approximate surface area is 79.6 Å². The second-order valence-electron chi connectivity index (χ2n) is 3.14. The summed E-state index contributed by atoms with van der Waals surface area (Å²) in [6.45, 7) is 3.37. The molecule has 0 atom stereocenters. The Morgan fingerprint density at radius 3 is 2.50 bits per heavy atom. The molecule has 0 aliphatic rings. The fraction of sp³-hybridized carbons (Fsp3) is 0.200. The molecule has 0 saturated heterocycles. The number of aryl methyl sites for hydroxylation is 2. The third-order valence-corrected chi connectivity index (χ3v) is 2.01. The number of benzene rings is 1. The first-order valence-corrected chi connectivity index (χ1v) is 4.18. The first-order chi connectivity index (χ1) is 6.58. The minimum Gasteiger partial charge on any atom is -0.238 e. The van der Waals surface area contributed by atoms with E-state index in [1.165, 1.54) is 6.07 Å². The minimum atomic E-state index is -0.618. The molecule has 0 unspecified atom stereocenters. The predicted molar refractivity (Wildman–Crippen MR) is 48.9 cm³/mol. The largest absolute Gasteiger partial charge is 0.238 e. The van der Waals surface area contributed by atoms with Crippen molar-refractivity contribution >= 4 is 10.9 Å². The molecule has 1 aromatic heterocycles. The van der Waals surface area contributed by atoms with Gasteiger partial charge in [0.05, 0.1) is 16.6 Å². The number of hydrogen-bond acceptors (Lipinski definition) is 2. The van der Waals surface area contributed by atoms with Crippen molar-refractivity contribution in [3.63, 3.8) is 0 Å². The lowest BCUT2D eigenvalue weighted by molar-refractivity contribution is 0.590. The lowest BCUT2D eigenvalue weighted by atomic mass is 10.2.